The monoisotopic (exact) mass is 441 g/mol. The lowest BCUT2D eigenvalue weighted by Gasteiger charge is -2.38. The maximum absolute atomic E-state index is 12.4. The molecule has 0 aliphatic carbocycles. The SMILES string of the molecule is CC1COC2(CCN(c3nc(=O)c4cc([N+](=O)[O-])cc(Br)c4s3)CC2)O1. The summed E-state index contributed by atoms with van der Waals surface area (Å²) in [6.45, 7) is 3.94. The number of nitro groups is 1. The first-order valence-corrected chi connectivity index (χ1v) is 9.83. The molecule has 138 valence electrons. The van der Waals surface area contributed by atoms with Gasteiger partial charge < -0.3 is 14.4 Å². The Morgan fingerprint density at radius 3 is 2.77 bits per heavy atom. The lowest BCUT2D eigenvalue weighted by atomic mass is 10.0. The molecule has 1 atom stereocenters. The van der Waals surface area contributed by atoms with Crippen LogP contribution in [0.2, 0.25) is 0 Å². The highest BCUT2D eigenvalue weighted by molar-refractivity contribution is 9.10. The Morgan fingerprint density at radius 2 is 2.15 bits per heavy atom. The van der Waals surface area contributed by atoms with Crippen LogP contribution < -0.4 is 10.5 Å². The zero-order valence-corrected chi connectivity index (χ0v) is 16.3. The number of nitrogens with zero attached hydrogens (tertiary/aromatic N) is 3. The van der Waals surface area contributed by atoms with Gasteiger partial charge in [-0.2, -0.15) is 4.98 Å². The maximum Gasteiger partial charge on any atom is 0.281 e. The van der Waals surface area contributed by atoms with Gasteiger partial charge in [-0.15, -0.1) is 0 Å². The van der Waals surface area contributed by atoms with Crippen LogP contribution in [-0.2, 0) is 9.47 Å². The van der Waals surface area contributed by atoms with Gasteiger partial charge >= 0.3 is 0 Å². The van der Waals surface area contributed by atoms with Crippen LogP contribution in [0.25, 0.3) is 10.1 Å². The largest absolute Gasteiger partial charge is 0.348 e. The van der Waals surface area contributed by atoms with E-state index >= 15 is 0 Å². The summed E-state index contributed by atoms with van der Waals surface area (Å²) in [7, 11) is 0. The Balaban J connectivity index is 1.64. The second kappa shape index (κ2) is 6.52. The highest BCUT2D eigenvalue weighted by Gasteiger charge is 2.42. The molecule has 8 nitrogen and oxygen atoms in total. The first-order valence-electron chi connectivity index (χ1n) is 8.22. The minimum Gasteiger partial charge on any atom is -0.348 e. The molecule has 0 saturated carbocycles. The molecule has 2 aromatic rings. The Morgan fingerprint density at radius 1 is 1.42 bits per heavy atom. The molecule has 1 spiro atoms. The smallest absolute Gasteiger partial charge is 0.281 e. The van der Waals surface area contributed by atoms with Crippen molar-refractivity contribution in [3.63, 3.8) is 0 Å². The van der Waals surface area contributed by atoms with Gasteiger partial charge in [0.2, 0.25) is 0 Å². The van der Waals surface area contributed by atoms with Crippen LogP contribution in [0.15, 0.2) is 21.4 Å². The average Bonchev–Trinajstić information content (AvgIpc) is 2.96. The number of non-ortho nitro benzene ring substituents is 1. The Bertz CT molecular complexity index is 941. The molecule has 26 heavy (non-hydrogen) atoms. The normalized spacial score (nSPS) is 22.2. The van der Waals surface area contributed by atoms with Gasteiger partial charge in [-0.1, -0.05) is 11.3 Å². The van der Waals surface area contributed by atoms with Crippen LogP contribution in [0.4, 0.5) is 10.8 Å². The van der Waals surface area contributed by atoms with Crippen molar-refractivity contribution in [1.29, 1.82) is 0 Å². The zero-order chi connectivity index (χ0) is 18.5. The quantitative estimate of drug-likeness (QED) is 0.521. The number of hydrogen-bond donors (Lipinski definition) is 0. The highest BCUT2D eigenvalue weighted by atomic mass is 79.9. The van der Waals surface area contributed by atoms with Crippen molar-refractivity contribution in [1.82, 2.24) is 4.98 Å². The van der Waals surface area contributed by atoms with E-state index in [-0.39, 0.29) is 17.2 Å². The second-order valence-corrected chi connectivity index (χ2v) is 8.33. The van der Waals surface area contributed by atoms with Crippen LogP contribution >= 0.6 is 27.3 Å². The predicted molar refractivity (Wildman–Crippen MR) is 101 cm³/mol. The molecule has 2 aliphatic heterocycles. The molecule has 3 heterocycles. The van der Waals surface area contributed by atoms with Crippen LogP contribution in [0.1, 0.15) is 19.8 Å². The molecule has 2 saturated heterocycles. The third-order valence-electron chi connectivity index (χ3n) is 4.65. The maximum atomic E-state index is 12.4. The van der Waals surface area contributed by atoms with Gasteiger partial charge in [0.1, 0.15) is 0 Å². The first kappa shape index (κ1) is 17.8. The molecule has 0 N–H and O–H groups in total. The van der Waals surface area contributed by atoms with Crippen LogP contribution in [0.3, 0.4) is 0 Å². The summed E-state index contributed by atoms with van der Waals surface area (Å²) in [5.74, 6) is -0.515. The molecule has 10 heteroatoms. The Labute approximate surface area is 161 Å². The third-order valence-corrected chi connectivity index (χ3v) is 6.72. The second-order valence-electron chi connectivity index (χ2n) is 6.50. The molecule has 1 unspecified atom stereocenters. The molecule has 2 fully saturated rings. The molecule has 4 rings (SSSR count). The van der Waals surface area contributed by atoms with E-state index in [1.165, 1.54) is 23.5 Å². The van der Waals surface area contributed by atoms with E-state index in [1.54, 1.807) is 0 Å². The van der Waals surface area contributed by atoms with Gasteiger partial charge in [0, 0.05) is 42.5 Å². The van der Waals surface area contributed by atoms with Crippen molar-refractivity contribution in [3.8, 4) is 0 Å². The van der Waals surface area contributed by atoms with Gasteiger partial charge in [-0.3, -0.25) is 14.9 Å². The summed E-state index contributed by atoms with van der Waals surface area (Å²) >= 11 is 4.69. The van der Waals surface area contributed by atoms with E-state index in [2.05, 4.69) is 20.9 Å². The van der Waals surface area contributed by atoms with Gasteiger partial charge in [-0.25, -0.2) is 0 Å². The van der Waals surface area contributed by atoms with E-state index in [1.807, 2.05) is 11.8 Å². The Hall–Kier alpha value is -1.62. The predicted octanol–water partition coefficient (Wildman–Crippen LogP) is 3.06. The number of benzene rings is 1. The van der Waals surface area contributed by atoms with Gasteiger partial charge in [0.25, 0.3) is 11.2 Å². The number of anilines is 1. The molecular formula is C16H16BrN3O5S. The minimum absolute atomic E-state index is 0.100. The van der Waals surface area contributed by atoms with Gasteiger partial charge in [0.15, 0.2) is 10.9 Å². The third kappa shape index (κ3) is 3.11. The van der Waals surface area contributed by atoms with E-state index in [9.17, 15) is 14.9 Å². The van der Waals surface area contributed by atoms with Crippen molar-refractivity contribution in [2.24, 2.45) is 0 Å². The minimum atomic E-state index is -0.519. The molecular weight excluding hydrogens is 426 g/mol. The summed E-state index contributed by atoms with van der Waals surface area (Å²) in [6.07, 6.45) is 1.52. The van der Waals surface area contributed by atoms with E-state index in [4.69, 9.17) is 9.47 Å². The summed E-state index contributed by atoms with van der Waals surface area (Å²) < 4.78 is 12.9. The number of ether oxygens (including phenoxy) is 2. The van der Waals surface area contributed by atoms with Crippen LogP contribution in [0.5, 0.6) is 0 Å². The molecule has 0 amide bonds. The number of piperidine rings is 1. The van der Waals surface area contributed by atoms with Crippen molar-refractivity contribution < 1.29 is 14.4 Å². The van der Waals surface area contributed by atoms with Gasteiger partial charge in [-0.05, 0) is 22.9 Å². The fourth-order valence-electron chi connectivity index (χ4n) is 3.35. The van der Waals surface area contributed by atoms with E-state index in [0.717, 1.165) is 0 Å². The molecule has 0 radical (unpaired) electrons. The summed E-state index contributed by atoms with van der Waals surface area (Å²) in [5, 5.41) is 11.9. The first-order chi connectivity index (χ1) is 12.4. The lowest BCUT2D eigenvalue weighted by Crippen LogP contribution is -2.45. The van der Waals surface area contributed by atoms with E-state index in [0.29, 0.717) is 46.8 Å². The summed E-state index contributed by atoms with van der Waals surface area (Å²) in [4.78, 5) is 29.1. The van der Waals surface area contributed by atoms with Crippen LogP contribution in [-0.4, -0.2) is 41.5 Å². The highest BCUT2D eigenvalue weighted by Crippen LogP contribution is 2.38. The fourth-order valence-corrected chi connectivity index (χ4v) is 5.07. The standard InChI is InChI=1S/C16H16BrN3O5S/c1-9-8-24-16(25-9)2-4-19(5-3-16)15-18-14(21)11-6-10(20(22)23)7-12(17)13(11)26-15/h6-7,9H,2-5,8H2,1H3. The molecule has 0 bridgehead atoms. The van der Waals surface area contributed by atoms with Crippen LogP contribution in [0, 0.1) is 10.1 Å². The number of hydrogen-bond acceptors (Lipinski definition) is 8. The Kier molecular flexibility index (Phi) is 4.46. The molecule has 1 aromatic carbocycles. The number of rotatable bonds is 2. The van der Waals surface area contributed by atoms with Crippen molar-refractivity contribution >= 4 is 48.2 Å². The average molecular weight is 442 g/mol. The summed E-state index contributed by atoms with van der Waals surface area (Å²) in [5.41, 5.74) is -0.590. The van der Waals surface area contributed by atoms with Crippen molar-refractivity contribution in [3.05, 3.63) is 37.1 Å². The van der Waals surface area contributed by atoms with E-state index < -0.39 is 16.3 Å². The number of fused-ring (bicyclic) bond motifs is 1. The topological polar surface area (TPSA) is 94.8 Å². The molecule has 2 aliphatic rings. The van der Waals surface area contributed by atoms with Crippen molar-refractivity contribution in [2.45, 2.75) is 31.7 Å². The fraction of sp³-hybridized carbons (Fsp3) is 0.500. The lowest BCUT2D eigenvalue weighted by molar-refractivity contribution is -0.384. The number of halogens is 1. The van der Waals surface area contributed by atoms with Crippen molar-refractivity contribution in [2.75, 3.05) is 24.6 Å². The zero-order valence-electron chi connectivity index (χ0n) is 13.9. The van der Waals surface area contributed by atoms with Gasteiger partial charge in [0.05, 0.1) is 27.7 Å². The number of aromatic nitrogens is 1. The summed E-state index contributed by atoms with van der Waals surface area (Å²) in [6, 6.07) is 2.69. The number of nitro benzene ring substituents is 1. The molecule has 1 aromatic heterocycles.